The summed E-state index contributed by atoms with van der Waals surface area (Å²) in [5.74, 6) is 0.553. The van der Waals surface area contributed by atoms with Crippen LogP contribution in [0.15, 0.2) is 42.6 Å². The summed E-state index contributed by atoms with van der Waals surface area (Å²) in [5.41, 5.74) is 1.48. The Morgan fingerprint density at radius 2 is 1.88 bits per heavy atom. The van der Waals surface area contributed by atoms with E-state index in [0.29, 0.717) is 22.8 Å². The van der Waals surface area contributed by atoms with Crippen molar-refractivity contribution in [3.8, 4) is 6.07 Å². The minimum atomic E-state index is -0.443. The number of benzene rings is 1. The molecule has 1 heterocycles. The highest BCUT2D eigenvalue weighted by Crippen LogP contribution is 2.29. The molecule has 0 atom stereocenters. The molecule has 0 bridgehead atoms. The number of rotatable bonds is 4. The largest absolute Gasteiger partial charge is 0.323 e. The highest BCUT2D eigenvalue weighted by atomic mass is 16.2. The average Bonchev–Trinajstić information content (AvgIpc) is 3.42. The van der Waals surface area contributed by atoms with Gasteiger partial charge in [0.2, 0.25) is 5.91 Å². The average molecular weight is 321 g/mol. The first-order chi connectivity index (χ1) is 11.6. The predicted molar refractivity (Wildman–Crippen MR) is 89.4 cm³/mol. The van der Waals surface area contributed by atoms with Gasteiger partial charge in [0.05, 0.1) is 23.5 Å². The second-order valence-electron chi connectivity index (χ2n) is 5.47. The number of anilines is 3. The number of nitrogens with one attached hydrogen (secondary N) is 3. The minimum Gasteiger partial charge on any atom is -0.310 e. The molecule has 1 saturated carbocycles. The maximum absolute atomic E-state index is 11.9. The zero-order valence-electron chi connectivity index (χ0n) is 12.7. The molecular weight excluding hydrogens is 306 g/mol. The minimum absolute atomic E-state index is 0.0154. The lowest BCUT2D eigenvalue weighted by molar-refractivity contribution is -0.117. The zero-order chi connectivity index (χ0) is 16.9. The van der Waals surface area contributed by atoms with Gasteiger partial charge in [-0.3, -0.25) is 4.79 Å². The van der Waals surface area contributed by atoms with Crippen LogP contribution in [-0.2, 0) is 4.79 Å². The SMILES string of the molecule is N#Cc1cccc(NC(=O)Nc2ccc(NC(=O)C3CC3)nc2)c1. The van der Waals surface area contributed by atoms with E-state index in [2.05, 4.69) is 20.9 Å². The molecule has 7 nitrogen and oxygen atoms in total. The highest BCUT2D eigenvalue weighted by Gasteiger charge is 2.29. The number of nitriles is 1. The number of urea groups is 1. The van der Waals surface area contributed by atoms with Crippen LogP contribution in [0.5, 0.6) is 0 Å². The maximum Gasteiger partial charge on any atom is 0.323 e. The summed E-state index contributed by atoms with van der Waals surface area (Å²) in [6.45, 7) is 0. The Morgan fingerprint density at radius 1 is 1.08 bits per heavy atom. The fourth-order valence-corrected chi connectivity index (χ4v) is 2.08. The van der Waals surface area contributed by atoms with E-state index in [1.807, 2.05) is 6.07 Å². The molecule has 2 aromatic rings. The second-order valence-corrected chi connectivity index (χ2v) is 5.47. The van der Waals surface area contributed by atoms with Gasteiger partial charge >= 0.3 is 6.03 Å². The molecule has 7 heteroatoms. The number of aromatic nitrogens is 1. The van der Waals surface area contributed by atoms with E-state index in [9.17, 15) is 9.59 Å². The number of amides is 3. The lowest BCUT2D eigenvalue weighted by Gasteiger charge is -2.08. The van der Waals surface area contributed by atoms with Gasteiger partial charge in [0.15, 0.2) is 0 Å². The van der Waals surface area contributed by atoms with Gasteiger partial charge in [-0.25, -0.2) is 9.78 Å². The number of hydrogen-bond donors (Lipinski definition) is 3. The molecule has 1 aliphatic carbocycles. The second kappa shape index (κ2) is 6.79. The Labute approximate surface area is 138 Å². The lowest BCUT2D eigenvalue weighted by atomic mass is 10.2. The van der Waals surface area contributed by atoms with Crippen LogP contribution in [0, 0.1) is 17.2 Å². The molecule has 3 rings (SSSR count). The zero-order valence-corrected chi connectivity index (χ0v) is 12.7. The smallest absolute Gasteiger partial charge is 0.310 e. The first-order valence-electron chi connectivity index (χ1n) is 7.49. The van der Waals surface area contributed by atoms with E-state index in [1.165, 1.54) is 6.20 Å². The molecule has 1 fully saturated rings. The van der Waals surface area contributed by atoms with Crippen molar-refractivity contribution in [1.29, 1.82) is 5.26 Å². The van der Waals surface area contributed by atoms with Crippen molar-refractivity contribution in [1.82, 2.24) is 4.98 Å². The fraction of sp³-hybridized carbons (Fsp3) is 0.176. The summed E-state index contributed by atoms with van der Waals surface area (Å²) in [6, 6.07) is 11.5. The van der Waals surface area contributed by atoms with E-state index < -0.39 is 6.03 Å². The molecule has 120 valence electrons. The Morgan fingerprint density at radius 3 is 2.54 bits per heavy atom. The van der Waals surface area contributed by atoms with E-state index in [0.717, 1.165) is 12.8 Å². The van der Waals surface area contributed by atoms with Gasteiger partial charge in [-0.15, -0.1) is 0 Å². The van der Waals surface area contributed by atoms with Gasteiger partial charge in [0, 0.05) is 11.6 Å². The first kappa shape index (κ1) is 15.5. The predicted octanol–water partition coefficient (Wildman–Crippen LogP) is 2.95. The van der Waals surface area contributed by atoms with E-state index in [4.69, 9.17) is 5.26 Å². The lowest BCUT2D eigenvalue weighted by Crippen LogP contribution is -2.19. The summed E-state index contributed by atoms with van der Waals surface area (Å²) >= 11 is 0. The maximum atomic E-state index is 11.9. The third kappa shape index (κ3) is 4.08. The summed E-state index contributed by atoms with van der Waals surface area (Å²) in [7, 11) is 0. The standard InChI is InChI=1S/C17H15N5O2/c18-9-11-2-1-3-13(8-11)20-17(24)21-14-6-7-15(19-10-14)22-16(23)12-4-5-12/h1-3,6-8,10,12H,4-5H2,(H,19,22,23)(H2,20,21,24). The van der Waals surface area contributed by atoms with Crippen molar-refractivity contribution >= 4 is 29.1 Å². The molecule has 0 radical (unpaired) electrons. The van der Waals surface area contributed by atoms with Crippen LogP contribution in [0.1, 0.15) is 18.4 Å². The third-order valence-corrected chi connectivity index (χ3v) is 3.47. The van der Waals surface area contributed by atoms with Crippen LogP contribution in [0.4, 0.5) is 22.0 Å². The van der Waals surface area contributed by atoms with Gasteiger partial charge in [0.1, 0.15) is 5.82 Å². The van der Waals surface area contributed by atoms with Gasteiger partial charge in [0.25, 0.3) is 0 Å². The molecule has 0 aliphatic heterocycles. The van der Waals surface area contributed by atoms with Gasteiger partial charge in [-0.2, -0.15) is 5.26 Å². The molecule has 1 aliphatic rings. The number of nitrogens with zero attached hydrogens (tertiary/aromatic N) is 2. The molecule has 0 spiro atoms. The molecule has 1 aromatic heterocycles. The molecule has 24 heavy (non-hydrogen) atoms. The van der Waals surface area contributed by atoms with Crippen molar-refractivity contribution in [3.63, 3.8) is 0 Å². The first-order valence-corrected chi connectivity index (χ1v) is 7.49. The van der Waals surface area contributed by atoms with Crippen LogP contribution in [0.2, 0.25) is 0 Å². The van der Waals surface area contributed by atoms with Crippen molar-refractivity contribution in [2.75, 3.05) is 16.0 Å². The van der Waals surface area contributed by atoms with Crippen LogP contribution >= 0.6 is 0 Å². The third-order valence-electron chi connectivity index (χ3n) is 3.47. The molecule has 3 N–H and O–H groups in total. The summed E-state index contributed by atoms with van der Waals surface area (Å²) < 4.78 is 0. The fourth-order valence-electron chi connectivity index (χ4n) is 2.08. The van der Waals surface area contributed by atoms with Gasteiger partial charge in [-0.05, 0) is 43.2 Å². The topological polar surface area (TPSA) is 107 Å². The number of hydrogen-bond acceptors (Lipinski definition) is 4. The van der Waals surface area contributed by atoms with Crippen molar-refractivity contribution < 1.29 is 9.59 Å². The Kier molecular flexibility index (Phi) is 4.38. The monoisotopic (exact) mass is 321 g/mol. The Bertz CT molecular complexity index is 806. The number of carbonyl (C=O) groups is 2. The van der Waals surface area contributed by atoms with Crippen LogP contribution in [0.3, 0.4) is 0 Å². The number of pyridine rings is 1. The summed E-state index contributed by atoms with van der Waals surface area (Å²) in [6.07, 6.45) is 3.32. The molecular formula is C17H15N5O2. The van der Waals surface area contributed by atoms with Crippen molar-refractivity contribution in [2.24, 2.45) is 5.92 Å². The van der Waals surface area contributed by atoms with E-state index >= 15 is 0 Å². The highest BCUT2D eigenvalue weighted by molar-refractivity contribution is 6.00. The quantitative estimate of drug-likeness (QED) is 0.804. The van der Waals surface area contributed by atoms with Crippen LogP contribution < -0.4 is 16.0 Å². The summed E-state index contributed by atoms with van der Waals surface area (Å²) in [4.78, 5) is 27.7. The van der Waals surface area contributed by atoms with Gasteiger partial charge in [-0.1, -0.05) is 6.07 Å². The van der Waals surface area contributed by atoms with E-state index in [1.54, 1.807) is 36.4 Å². The number of carbonyl (C=O) groups excluding carboxylic acids is 2. The molecule has 0 saturated heterocycles. The van der Waals surface area contributed by atoms with E-state index in [-0.39, 0.29) is 11.8 Å². The van der Waals surface area contributed by atoms with Crippen molar-refractivity contribution in [2.45, 2.75) is 12.8 Å². The molecule has 0 unspecified atom stereocenters. The summed E-state index contributed by atoms with van der Waals surface area (Å²) in [5, 5.41) is 16.8. The van der Waals surface area contributed by atoms with Gasteiger partial charge < -0.3 is 16.0 Å². The van der Waals surface area contributed by atoms with Crippen LogP contribution in [-0.4, -0.2) is 16.9 Å². The Hall–Kier alpha value is -3.40. The molecule has 1 aromatic carbocycles. The Balaban J connectivity index is 1.55. The van der Waals surface area contributed by atoms with Crippen LogP contribution in [0.25, 0.3) is 0 Å². The normalized spacial score (nSPS) is 12.8. The molecule has 3 amide bonds. The van der Waals surface area contributed by atoms with Crippen molar-refractivity contribution in [3.05, 3.63) is 48.2 Å².